The van der Waals surface area contributed by atoms with Gasteiger partial charge < -0.3 is 15.5 Å². The van der Waals surface area contributed by atoms with Crippen molar-refractivity contribution in [2.24, 2.45) is 0 Å². The topological polar surface area (TPSA) is 104 Å². The molecule has 3 N–H and O–H groups in total. The lowest BCUT2D eigenvalue weighted by Gasteiger charge is -2.04. The molecule has 0 heterocycles. The molecule has 0 aliphatic heterocycles. The third kappa shape index (κ3) is 3.43. The van der Waals surface area contributed by atoms with Gasteiger partial charge in [0.25, 0.3) is 0 Å². The summed E-state index contributed by atoms with van der Waals surface area (Å²) in [6.07, 6.45) is -1.26. The Bertz CT molecular complexity index is 465. The monoisotopic (exact) mass is 245 g/mol. The van der Waals surface area contributed by atoms with Gasteiger partial charge in [0.2, 0.25) is 0 Å². The number of phenolic OH excluding ortho intramolecular Hbond substituents is 1. The lowest BCUT2D eigenvalue weighted by atomic mass is 10.3. The van der Waals surface area contributed by atoms with Crippen LogP contribution in [0.2, 0.25) is 0 Å². The maximum absolute atomic E-state index is 11.6. The van der Waals surface area contributed by atoms with Gasteiger partial charge >= 0.3 is 6.09 Å². The van der Waals surface area contributed by atoms with Gasteiger partial charge in [0, 0.05) is 6.54 Å². The van der Waals surface area contributed by atoms with Crippen LogP contribution in [-0.2, 0) is 9.84 Å². The van der Waals surface area contributed by atoms with Crippen molar-refractivity contribution in [2.75, 3.05) is 12.3 Å². The van der Waals surface area contributed by atoms with Crippen LogP contribution in [0.1, 0.15) is 0 Å². The Labute approximate surface area is 92.5 Å². The van der Waals surface area contributed by atoms with Crippen molar-refractivity contribution in [3.63, 3.8) is 0 Å². The van der Waals surface area contributed by atoms with Gasteiger partial charge in [-0.1, -0.05) is 0 Å². The number of carbonyl (C=O) groups is 1. The number of carboxylic acid groups (broad SMARTS) is 1. The molecular formula is C9H11NO5S. The van der Waals surface area contributed by atoms with E-state index < -0.39 is 15.9 Å². The lowest BCUT2D eigenvalue weighted by Crippen LogP contribution is -2.27. The van der Waals surface area contributed by atoms with Gasteiger partial charge in [-0.05, 0) is 24.3 Å². The highest BCUT2D eigenvalue weighted by Crippen LogP contribution is 2.15. The Balaban J connectivity index is 2.71. The lowest BCUT2D eigenvalue weighted by molar-refractivity contribution is 0.195. The van der Waals surface area contributed by atoms with E-state index in [1.165, 1.54) is 24.3 Å². The zero-order chi connectivity index (χ0) is 12.2. The van der Waals surface area contributed by atoms with E-state index in [2.05, 4.69) is 0 Å². The van der Waals surface area contributed by atoms with E-state index >= 15 is 0 Å². The van der Waals surface area contributed by atoms with Crippen molar-refractivity contribution in [2.45, 2.75) is 4.90 Å². The summed E-state index contributed by atoms with van der Waals surface area (Å²) in [5.41, 5.74) is 0. The number of hydrogen-bond acceptors (Lipinski definition) is 4. The molecule has 16 heavy (non-hydrogen) atoms. The molecule has 0 atom stereocenters. The fourth-order valence-electron chi connectivity index (χ4n) is 1.06. The molecule has 0 saturated heterocycles. The van der Waals surface area contributed by atoms with Crippen molar-refractivity contribution in [3.8, 4) is 5.75 Å². The third-order valence-corrected chi connectivity index (χ3v) is 3.57. The van der Waals surface area contributed by atoms with Gasteiger partial charge in [0.15, 0.2) is 9.84 Å². The largest absolute Gasteiger partial charge is 0.508 e. The molecule has 0 aliphatic carbocycles. The van der Waals surface area contributed by atoms with Gasteiger partial charge in [0.05, 0.1) is 10.6 Å². The molecule has 1 rings (SSSR count). The number of aromatic hydroxyl groups is 1. The summed E-state index contributed by atoms with van der Waals surface area (Å²) in [7, 11) is -3.51. The standard InChI is InChI=1S/C9H11NO5S/c11-7-1-3-8(4-2-7)16(14,15)6-5-10-9(12)13/h1-4,10-11H,5-6H2,(H,12,13). The molecule has 0 saturated carbocycles. The highest BCUT2D eigenvalue weighted by Gasteiger charge is 2.14. The van der Waals surface area contributed by atoms with Gasteiger partial charge in [-0.3, -0.25) is 0 Å². The molecule has 1 aromatic carbocycles. The normalized spacial score (nSPS) is 11.0. The molecule has 0 aliphatic rings. The first-order chi connectivity index (χ1) is 7.42. The number of sulfone groups is 1. The van der Waals surface area contributed by atoms with E-state index in [-0.39, 0.29) is 22.9 Å². The van der Waals surface area contributed by atoms with Crippen LogP contribution < -0.4 is 5.32 Å². The minimum Gasteiger partial charge on any atom is -0.508 e. The van der Waals surface area contributed by atoms with Crippen molar-refractivity contribution in [3.05, 3.63) is 24.3 Å². The van der Waals surface area contributed by atoms with E-state index in [1.807, 2.05) is 5.32 Å². The maximum Gasteiger partial charge on any atom is 0.404 e. The maximum atomic E-state index is 11.6. The fourth-order valence-corrected chi connectivity index (χ4v) is 2.22. The van der Waals surface area contributed by atoms with Crippen LogP contribution in [0.4, 0.5) is 4.79 Å². The average Bonchev–Trinajstić information content (AvgIpc) is 2.17. The molecule has 0 spiro atoms. The van der Waals surface area contributed by atoms with E-state index in [0.717, 1.165) is 0 Å². The van der Waals surface area contributed by atoms with E-state index in [1.54, 1.807) is 0 Å². The summed E-state index contributed by atoms with van der Waals surface area (Å²) in [4.78, 5) is 10.2. The summed E-state index contributed by atoms with van der Waals surface area (Å²) in [5, 5.41) is 19.2. The Morgan fingerprint density at radius 2 is 1.81 bits per heavy atom. The van der Waals surface area contributed by atoms with E-state index in [9.17, 15) is 13.2 Å². The second kappa shape index (κ2) is 4.84. The van der Waals surface area contributed by atoms with Crippen LogP contribution in [0.25, 0.3) is 0 Å². The first-order valence-corrected chi connectivity index (χ1v) is 6.05. The molecule has 0 bridgehead atoms. The number of hydrogen-bond donors (Lipinski definition) is 3. The number of nitrogens with one attached hydrogen (secondary N) is 1. The predicted octanol–water partition coefficient (Wildman–Crippen LogP) is 0.434. The minimum absolute atomic E-state index is 0.0254. The summed E-state index contributed by atoms with van der Waals surface area (Å²) in [6.45, 7) is -0.168. The van der Waals surface area contributed by atoms with Gasteiger partial charge in [-0.2, -0.15) is 0 Å². The first kappa shape index (κ1) is 12.3. The smallest absolute Gasteiger partial charge is 0.404 e. The van der Waals surface area contributed by atoms with Crippen LogP contribution in [-0.4, -0.2) is 37.0 Å². The summed E-state index contributed by atoms with van der Waals surface area (Å²) in [5.74, 6) is -0.341. The van der Waals surface area contributed by atoms with Crippen molar-refractivity contribution in [1.29, 1.82) is 0 Å². The van der Waals surface area contributed by atoms with Crippen molar-refractivity contribution >= 4 is 15.9 Å². The molecule has 1 aromatic rings. The van der Waals surface area contributed by atoms with Crippen LogP contribution in [0.15, 0.2) is 29.2 Å². The van der Waals surface area contributed by atoms with Gasteiger partial charge in [-0.15, -0.1) is 0 Å². The van der Waals surface area contributed by atoms with Crippen molar-refractivity contribution in [1.82, 2.24) is 5.32 Å². The zero-order valence-corrected chi connectivity index (χ0v) is 9.07. The number of amides is 1. The Morgan fingerprint density at radius 3 is 2.31 bits per heavy atom. The van der Waals surface area contributed by atoms with Crippen LogP contribution in [0.5, 0.6) is 5.75 Å². The summed E-state index contributed by atoms with van der Waals surface area (Å²) in [6, 6.07) is 5.06. The second-order valence-corrected chi connectivity index (χ2v) is 5.15. The highest BCUT2D eigenvalue weighted by atomic mass is 32.2. The van der Waals surface area contributed by atoms with E-state index in [0.29, 0.717) is 0 Å². The quantitative estimate of drug-likeness (QED) is 0.713. The highest BCUT2D eigenvalue weighted by molar-refractivity contribution is 7.91. The minimum atomic E-state index is -3.51. The summed E-state index contributed by atoms with van der Waals surface area (Å²) >= 11 is 0. The predicted molar refractivity (Wildman–Crippen MR) is 56.2 cm³/mol. The first-order valence-electron chi connectivity index (χ1n) is 4.40. The average molecular weight is 245 g/mol. The molecular weight excluding hydrogens is 234 g/mol. The molecule has 1 amide bonds. The second-order valence-electron chi connectivity index (χ2n) is 3.04. The molecule has 6 nitrogen and oxygen atoms in total. The molecule has 0 radical (unpaired) electrons. The van der Waals surface area contributed by atoms with Crippen LogP contribution in [0.3, 0.4) is 0 Å². The Morgan fingerprint density at radius 1 is 1.25 bits per heavy atom. The summed E-state index contributed by atoms with van der Waals surface area (Å²) < 4.78 is 23.2. The Kier molecular flexibility index (Phi) is 3.73. The molecule has 7 heteroatoms. The molecule has 0 fully saturated rings. The van der Waals surface area contributed by atoms with Crippen LogP contribution >= 0.6 is 0 Å². The van der Waals surface area contributed by atoms with Gasteiger partial charge in [0.1, 0.15) is 5.75 Å². The fraction of sp³-hybridized carbons (Fsp3) is 0.222. The third-order valence-electron chi connectivity index (χ3n) is 1.84. The van der Waals surface area contributed by atoms with Crippen molar-refractivity contribution < 1.29 is 23.4 Å². The van der Waals surface area contributed by atoms with Crippen LogP contribution in [0, 0.1) is 0 Å². The molecule has 0 unspecified atom stereocenters. The van der Waals surface area contributed by atoms with Gasteiger partial charge in [-0.25, -0.2) is 13.2 Å². The molecule has 88 valence electrons. The number of phenols is 1. The number of benzene rings is 1. The van der Waals surface area contributed by atoms with E-state index in [4.69, 9.17) is 10.2 Å². The Hall–Kier alpha value is -1.76. The zero-order valence-electron chi connectivity index (χ0n) is 8.25. The molecule has 0 aromatic heterocycles. The SMILES string of the molecule is O=C(O)NCCS(=O)(=O)c1ccc(O)cc1. The number of rotatable bonds is 4.